The van der Waals surface area contributed by atoms with Crippen molar-refractivity contribution in [2.24, 2.45) is 0 Å². The van der Waals surface area contributed by atoms with E-state index in [1.165, 1.54) is 11.1 Å². The first-order chi connectivity index (χ1) is 24.4. The normalized spacial score (nSPS) is 20.8. The third-order valence-electron chi connectivity index (χ3n) is 10.8. The Morgan fingerprint density at radius 1 is 0.654 bits per heavy atom. The molecule has 0 aliphatic carbocycles. The molecular weight excluding hydrogens is 656 g/mol. The number of carboxylic acid groups (broad SMARTS) is 2. The van der Waals surface area contributed by atoms with Gasteiger partial charge in [-0.25, -0.2) is 9.59 Å². The first kappa shape index (κ1) is 40.3. The molecule has 4 N–H and O–H groups in total. The standard InChI is InChI=1S/C44H58O8/c1-27(13-9-17-29(3)41(47)48)15-11-21-43(7)23-19-33-37(35(45)25-31(5)39(33)51-43)38-34-20-24-44(8,52-40(34)32(6)26-36(38)46)22-12-16-28(2)14-10-18-30(4)42(49)50/h15-18,25-26,45-46H,9-14,19-24H2,1-8H3,(H,47,48)(H,49,50)/t43-,44+. The molecule has 8 heteroatoms. The van der Waals surface area contributed by atoms with Crippen molar-refractivity contribution < 1.29 is 39.5 Å². The van der Waals surface area contributed by atoms with Crippen LogP contribution in [0.5, 0.6) is 23.0 Å². The fourth-order valence-electron chi connectivity index (χ4n) is 7.40. The minimum atomic E-state index is -0.881. The van der Waals surface area contributed by atoms with Gasteiger partial charge in [-0.2, -0.15) is 0 Å². The Morgan fingerprint density at radius 2 is 1.02 bits per heavy atom. The van der Waals surface area contributed by atoms with Gasteiger partial charge >= 0.3 is 11.9 Å². The Morgan fingerprint density at radius 3 is 1.37 bits per heavy atom. The number of aliphatic carboxylic acids is 2. The molecular formula is C44H58O8. The Balaban J connectivity index is 1.52. The van der Waals surface area contributed by atoms with Gasteiger partial charge < -0.3 is 29.9 Å². The zero-order chi connectivity index (χ0) is 38.4. The van der Waals surface area contributed by atoms with Crippen LogP contribution in [0.4, 0.5) is 0 Å². The molecule has 4 rings (SSSR count). The summed E-state index contributed by atoms with van der Waals surface area (Å²) in [6.07, 6.45) is 17.2. The van der Waals surface area contributed by atoms with E-state index in [1.807, 2.05) is 13.8 Å². The monoisotopic (exact) mass is 714 g/mol. The highest BCUT2D eigenvalue weighted by atomic mass is 16.5. The molecule has 2 atom stereocenters. The van der Waals surface area contributed by atoms with Crippen molar-refractivity contribution in [1.29, 1.82) is 0 Å². The fourth-order valence-corrected chi connectivity index (χ4v) is 7.40. The highest BCUT2D eigenvalue weighted by Gasteiger charge is 2.38. The van der Waals surface area contributed by atoms with Crippen molar-refractivity contribution in [2.75, 3.05) is 0 Å². The van der Waals surface area contributed by atoms with Crippen LogP contribution in [0.2, 0.25) is 0 Å². The van der Waals surface area contributed by atoms with E-state index in [4.69, 9.17) is 19.7 Å². The second-order valence-electron chi connectivity index (χ2n) is 15.5. The molecule has 52 heavy (non-hydrogen) atoms. The van der Waals surface area contributed by atoms with Crippen LogP contribution in [-0.2, 0) is 22.4 Å². The highest BCUT2D eigenvalue weighted by molar-refractivity contribution is 5.87. The molecule has 0 saturated carbocycles. The molecule has 2 aromatic carbocycles. The molecule has 0 bridgehead atoms. The summed E-state index contributed by atoms with van der Waals surface area (Å²) < 4.78 is 13.6. The lowest BCUT2D eigenvalue weighted by atomic mass is 9.80. The van der Waals surface area contributed by atoms with Crippen LogP contribution in [0.15, 0.2) is 58.7 Å². The van der Waals surface area contributed by atoms with Crippen LogP contribution in [0, 0.1) is 13.8 Å². The summed E-state index contributed by atoms with van der Waals surface area (Å²) in [7, 11) is 0. The second-order valence-corrected chi connectivity index (χ2v) is 15.5. The number of fused-ring (bicyclic) bond motifs is 2. The van der Waals surface area contributed by atoms with E-state index in [0.29, 0.717) is 48.0 Å². The second kappa shape index (κ2) is 16.9. The number of rotatable bonds is 15. The van der Waals surface area contributed by atoms with E-state index in [-0.39, 0.29) is 11.5 Å². The van der Waals surface area contributed by atoms with E-state index in [1.54, 1.807) is 38.1 Å². The van der Waals surface area contributed by atoms with Gasteiger partial charge in [-0.05, 0) is 156 Å². The van der Waals surface area contributed by atoms with Crippen molar-refractivity contribution in [3.05, 3.63) is 81.0 Å². The smallest absolute Gasteiger partial charge is 0.330 e. The zero-order valence-electron chi connectivity index (χ0n) is 32.4. The van der Waals surface area contributed by atoms with Gasteiger partial charge in [0.2, 0.25) is 0 Å². The molecule has 2 heterocycles. The molecule has 2 aliphatic heterocycles. The topological polar surface area (TPSA) is 134 Å². The van der Waals surface area contributed by atoms with Gasteiger partial charge in [0.1, 0.15) is 34.2 Å². The number of carboxylic acids is 2. The molecule has 0 spiro atoms. The number of benzene rings is 2. The Bertz CT molecular complexity index is 1680. The van der Waals surface area contributed by atoms with E-state index in [0.717, 1.165) is 85.1 Å². The maximum absolute atomic E-state index is 11.5. The minimum Gasteiger partial charge on any atom is -0.507 e. The number of carbonyl (C=O) groups is 2. The first-order valence-corrected chi connectivity index (χ1v) is 18.6. The summed E-state index contributed by atoms with van der Waals surface area (Å²) in [5, 5.41) is 41.1. The fraction of sp³-hybridized carbons (Fsp3) is 0.500. The van der Waals surface area contributed by atoms with Crippen molar-refractivity contribution in [1.82, 2.24) is 0 Å². The van der Waals surface area contributed by atoms with Gasteiger partial charge in [-0.15, -0.1) is 0 Å². The van der Waals surface area contributed by atoms with Crippen molar-refractivity contribution in [3.63, 3.8) is 0 Å². The largest absolute Gasteiger partial charge is 0.507 e. The summed E-state index contributed by atoms with van der Waals surface area (Å²) in [4.78, 5) is 22.1. The van der Waals surface area contributed by atoms with Crippen molar-refractivity contribution in [3.8, 4) is 34.1 Å². The Hall–Kier alpha value is -4.46. The lowest BCUT2D eigenvalue weighted by Crippen LogP contribution is -2.37. The number of allylic oxidation sites excluding steroid dienone is 6. The Labute approximate surface area is 309 Å². The molecule has 2 aromatic rings. The van der Waals surface area contributed by atoms with Crippen LogP contribution < -0.4 is 9.47 Å². The molecule has 0 saturated heterocycles. The molecule has 282 valence electrons. The van der Waals surface area contributed by atoms with Crippen LogP contribution in [-0.4, -0.2) is 43.6 Å². The van der Waals surface area contributed by atoms with Gasteiger partial charge in [-0.3, -0.25) is 0 Å². The zero-order valence-corrected chi connectivity index (χ0v) is 32.4. The van der Waals surface area contributed by atoms with Crippen molar-refractivity contribution in [2.45, 2.75) is 144 Å². The first-order valence-electron chi connectivity index (χ1n) is 18.6. The SMILES string of the molecule is CC(=CCC[C@@]1(C)CCc2c(c(C)cc(O)c2-c2c(O)cc(C)c3c2CC[C@@](C)(CCC=C(C)CCC=C(C)C(=O)O)O3)O1)CCC=C(C)C(=O)O. The van der Waals surface area contributed by atoms with Gasteiger partial charge in [0.15, 0.2) is 0 Å². The number of aromatic hydroxyl groups is 2. The van der Waals surface area contributed by atoms with Gasteiger partial charge in [0.25, 0.3) is 0 Å². The highest BCUT2D eigenvalue weighted by Crippen LogP contribution is 2.53. The number of hydrogen-bond donors (Lipinski definition) is 4. The van der Waals surface area contributed by atoms with Crippen molar-refractivity contribution >= 4 is 11.9 Å². The third kappa shape index (κ3) is 9.90. The predicted molar refractivity (Wildman–Crippen MR) is 207 cm³/mol. The quantitative estimate of drug-likeness (QED) is 0.106. The summed E-state index contributed by atoms with van der Waals surface area (Å²) in [5.74, 6) is 0.0164. The van der Waals surface area contributed by atoms with Gasteiger partial charge in [0, 0.05) is 33.4 Å². The van der Waals surface area contributed by atoms with Crippen LogP contribution >= 0.6 is 0 Å². The number of phenolic OH excluding ortho intramolecular Hbond substituents is 2. The summed E-state index contributed by atoms with van der Waals surface area (Å²) in [6.45, 7) is 15.6. The lowest BCUT2D eigenvalue weighted by molar-refractivity contribution is -0.133. The van der Waals surface area contributed by atoms with E-state index in [2.05, 4.69) is 39.8 Å². The maximum Gasteiger partial charge on any atom is 0.330 e. The van der Waals surface area contributed by atoms with E-state index < -0.39 is 23.1 Å². The van der Waals surface area contributed by atoms with Gasteiger partial charge in [0.05, 0.1) is 0 Å². The van der Waals surface area contributed by atoms with Crippen LogP contribution in [0.1, 0.15) is 128 Å². The summed E-state index contributed by atoms with van der Waals surface area (Å²) in [6, 6.07) is 3.48. The average molecular weight is 715 g/mol. The number of hydrogen-bond acceptors (Lipinski definition) is 6. The predicted octanol–water partition coefficient (Wildman–Crippen LogP) is 10.6. The van der Waals surface area contributed by atoms with Crippen LogP contribution in [0.25, 0.3) is 11.1 Å². The number of phenols is 2. The van der Waals surface area contributed by atoms with Gasteiger partial charge in [-0.1, -0.05) is 35.5 Å². The molecule has 0 amide bonds. The van der Waals surface area contributed by atoms with E-state index >= 15 is 0 Å². The minimum absolute atomic E-state index is 0.123. The molecule has 0 radical (unpaired) electrons. The maximum atomic E-state index is 11.5. The molecule has 8 nitrogen and oxygen atoms in total. The lowest BCUT2D eigenvalue weighted by Gasteiger charge is -2.39. The molecule has 0 aromatic heterocycles. The molecule has 0 fully saturated rings. The summed E-state index contributed by atoms with van der Waals surface area (Å²) >= 11 is 0. The van der Waals surface area contributed by atoms with E-state index in [9.17, 15) is 19.8 Å². The Kier molecular flexibility index (Phi) is 13.1. The third-order valence-corrected chi connectivity index (χ3v) is 10.8. The van der Waals surface area contributed by atoms with Crippen LogP contribution in [0.3, 0.4) is 0 Å². The number of aryl methyl sites for hydroxylation is 2. The molecule has 2 aliphatic rings. The molecule has 0 unspecified atom stereocenters. The number of ether oxygens (including phenoxy) is 2. The average Bonchev–Trinajstić information content (AvgIpc) is 3.06. The summed E-state index contributed by atoms with van der Waals surface area (Å²) in [5.41, 5.74) is 7.15.